The molecule has 0 aliphatic carbocycles. The Morgan fingerprint density at radius 2 is 2.18 bits per heavy atom. The van der Waals surface area contributed by atoms with E-state index in [4.69, 9.17) is 4.74 Å². The summed E-state index contributed by atoms with van der Waals surface area (Å²) in [4.78, 5) is 24.1. The molecule has 2 atom stereocenters. The summed E-state index contributed by atoms with van der Waals surface area (Å²) in [6, 6.07) is 0.502. The predicted molar refractivity (Wildman–Crippen MR) is 115 cm³/mol. The second-order valence-electron chi connectivity index (χ2n) is 7.69. The van der Waals surface area contributed by atoms with E-state index in [1.807, 2.05) is 20.8 Å². The molecule has 1 fully saturated rings. The molecule has 0 amide bonds. The molecule has 0 radical (unpaired) electrons. The van der Waals surface area contributed by atoms with Crippen molar-refractivity contribution in [3.8, 4) is 0 Å². The summed E-state index contributed by atoms with van der Waals surface area (Å²) in [5.74, 6) is 1.14. The van der Waals surface area contributed by atoms with Gasteiger partial charge in [0.1, 0.15) is 9.88 Å². The van der Waals surface area contributed by atoms with E-state index in [1.54, 1.807) is 7.05 Å². The lowest BCUT2D eigenvalue weighted by Crippen LogP contribution is -2.46. The number of hydrogen-bond acceptors (Lipinski definition) is 6. The van der Waals surface area contributed by atoms with Crippen molar-refractivity contribution in [1.82, 2.24) is 20.5 Å². The maximum absolute atomic E-state index is 12.0. The highest BCUT2D eigenvalue weighted by Gasteiger charge is 2.25. The van der Waals surface area contributed by atoms with Gasteiger partial charge in [-0.05, 0) is 46.1 Å². The van der Waals surface area contributed by atoms with Crippen LogP contribution >= 0.6 is 11.3 Å². The first-order valence-electron chi connectivity index (χ1n) is 10.2. The van der Waals surface area contributed by atoms with Gasteiger partial charge >= 0.3 is 5.97 Å². The number of hydrogen-bond donors (Lipinski definition) is 2. The van der Waals surface area contributed by atoms with Gasteiger partial charge in [-0.2, -0.15) is 0 Å². The summed E-state index contributed by atoms with van der Waals surface area (Å²) in [6.07, 6.45) is 2.48. The SMILES string of the molecule is CCOC(=O)c1sc(C(C)NC(=NC)NC[C@H]2CCCN2CC(C)C)nc1C. The largest absolute Gasteiger partial charge is 0.462 e. The van der Waals surface area contributed by atoms with Crippen LogP contribution in [-0.4, -0.2) is 61.1 Å². The minimum Gasteiger partial charge on any atom is -0.462 e. The number of carbonyl (C=O) groups is 1. The topological polar surface area (TPSA) is 78.8 Å². The summed E-state index contributed by atoms with van der Waals surface area (Å²) < 4.78 is 5.11. The van der Waals surface area contributed by atoms with Gasteiger partial charge in [-0.3, -0.25) is 9.89 Å². The number of aliphatic imine (C=N–C) groups is 1. The number of aryl methyl sites for hydroxylation is 1. The van der Waals surface area contributed by atoms with Crippen molar-refractivity contribution in [1.29, 1.82) is 0 Å². The van der Waals surface area contributed by atoms with Gasteiger partial charge in [-0.1, -0.05) is 13.8 Å². The van der Waals surface area contributed by atoms with Gasteiger partial charge < -0.3 is 15.4 Å². The van der Waals surface area contributed by atoms with Gasteiger partial charge in [0.2, 0.25) is 0 Å². The smallest absolute Gasteiger partial charge is 0.350 e. The molecule has 8 heteroatoms. The van der Waals surface area contributed by atoms with Crippen LogP contribution in [0.1, 0.15) is 67.0 Å². The Morgan fingerprint density at radius 3 is 2.82 bits per heavy atom. The van der Waals surface area contributed by atoms with Crippen molar-refractivity contribution in [2.45, 2.75) is 59.5 Å². The third-order valence-corrected chi connectivity index (χ3v) is 6.15. The van der Waals surface area contributed by atoms with E-state index in [2.05, 4.69) is 39.4 Å². The standard InChI is InChI=1S/C20H35N5O2S/c1-7-27-19(26)17-14(4)23-18(28-17)15(5)24-20(21-6)22-11-16-9-8-10-25(16)12-13(2)3/h13,15-16H,7-12H2,1-6H3,(H2,21,22,24)/t15?,16-/m1/s1. The fraction of sp³-hybridized carbons (Fsp3) is 0.750. The Balaban J connectivity index is 1.92. The Bertz CT molecular complexity index is 674. The van der Waals surface area contributed by atoms with Crippen molar-refractivity contribution in [2.75, 3.05) is 33.3 Å². The molecule has 2 rings (SSSR count). The highest BCUT2D eigenvalue weighted by atomic mass is 32.1. The number of thiazole rings is 1. The summed E-state index contributed by atoms with van der Waals surface area (Å²) in [5.41, 5.74) is 0.713. The lowest BCUT2D eigenvalue weighted by molar-refractivity contribution is 0.0531. The van der Waals surface area contributed by atoms with Crippen molar-refractivity contribution in [3.63, 3.8) is 0 Å². The lowest BCUT2D eigenvalue weighted by atomic mass is 10.1. The minimum absolute atomic E-state index is 0.0478. The third-order valence-electron chi connectivity index (χ3n) is 4.83. The molecule has 2 N–H and O–H groups in total. The summed E-state index contributed by atoms with van der Waals surface area (Å²) in [6.45, 7) is 13.8. The average molecular weight is 410 g/mol. The quantitative estimate of drug-likeness (QED) is 0.390. The molecule has 0 spiro atoms. The van der Waals surface area contributed by atoms with Crippen LogP contribution < -0.4 is 10.6 Å². The summed E-state index contributed by atoms with van der Waals surface area (Å²) >= 11 is 1.38. The first-order chi connectivity index (χ1) is 13.3. The lowest BCUT2D eigenvalue weighted by Gasteiger charge is -2.27. The van der Waals surface area contributed by atoms with Crippen molar-refractivity contribution in [2.24, 2.45) is 10.9 Å². The van der Waals surface area contributed by atoms with Gasteiger partial charge in [0, 0.05) is 26.2 Å². The zero-order valence-electron chi connectivity index (χ0n) is 18.0. The van der Waals surface area contributed by atoms with E-state index in [0.717, 1.165) is 24.1 Å². The van der Waals surface area contributed by atoms with E-state index < -0.39 is 0 Å². The van der Waals surface area contributed by atoms with Crippen LogP contribution in [0.4, 0.5) is 0 Å². The molecule has 1 aromatic heterocycles. The van der Waals surface area contributed by atoms with Gasteiger partial charge in [0.05, 0.1) is 18.3 Å². The second kappa shape index (κ2) is 10.8. The number of rotatable bonds is 8. The number of esters is 1. The van der Waals surface area contributed by atoms with Gasteiger partial charge in [-0.25, -0.2) is 9.78 Å². The molecule has 0 saturated carbocycles. The molecule has 1 aliphatic rings. The van der Waals surface area contributed by atoms with Crippen LogP contribution in [0.5, 0.6) is 0 Å². The fourth-order valence-corrected chi connectivity index (χ4v) is 4.46. The Labute approximate surface area is 173 Å². The predicted octanol–water partition coefficient (Wildman–Crippen LogP) is 2.97. The summed E-state index contributed by atoms with van der Waals surface area (Å²) in [7, 11) is 1.78. The molecular formula is C20H35N5O2S. The average Bonchev–Trinajstić information content (AvgIpc) is 3.24. The highest BCUT2D eigenvalue weighted by Crippen LogP contribution is 2.24. The zero-order chi connectivity index (χ0) is 20.7. The number of nitrogens with zero attached hydrogens (tertiary/aromatic N) is 3. The monoisotopic (exact) mass is 409 g/mol. The van der Waals surface area contributed by atoms with E-state index in [-0.39, 0.29) is 12.0 Å². The third kappa shape index (κ3) is 6.17. The van der Waals surface area contributed by atoms with Gasteiger partial charge in [0.15, 0.2) is 5.96 Å². The molecule has 1 saturated heterocycles. The van der Waals surface area contributed by atoms with Crippen molar-refractivity contribution >= 4 is 23.3 Å². The van der Waals surface area contributed by atoms with Crippen LogP contribution in [0.25, 0.3) is 0 Å². The zero-order valence-corrected chi connectivity index (χ0v) is 18.9. The van der Waals surface area contributed by atoms with E-state index >= 15 is 0 Å². The van der Waals surface area contributed by atoms with Crippen LogP contribution in [0.3, 0.4) is 0 Å². The number of carbonyl (C=O) groups excluding carboxylic acids is 1. The number of guanidine groups is 1. The molecule has 0 aromatic carbocycles. The minimum atomic E-state index is -0.301. The van der Waals surface area contributed by atoms with Crippen LogP contribution in [0, 0.1) is 12.8 Å². The van der Waals surface area contributed by atoms with Crippen molar-refractivity contribution < 1.29 is 9.53 Å². The van der Waals surface area contributed by atoms with E-state index in [0.29, 0.717) is 29.1 Å². The highest BCUT2D eigenvalue weighted by molar-refractivity contribution is 7.13. The maximum atomic E-state index is 12.0. The molecular weight excluding hydrogens is 374 g/mol. The Kier molecular flexibility index (Phi) is 8.69. The number of nitrogens with one attached hydrogen (secondary N) is 2. The second-order valence-corrected chi connectivity index (χ2v) is 8.72. The normalized spacial score (nSPS) is 19.1. The van der Waals surface area contributed by atoms with Gasteiger partial charge in [-0.15, -0.1) is 11.3 Å². The molecule has 2 heterocycles. The van der Waals surface area contributed by atoms with Gasteiger partial charge in [0.25, 0.3) is 0 Å². The fourth-order valence-electron chi connectivity index (χ4n) is 3.50. The number of likely N-dealkylation sites (tertiary alicyclic amines) is 1. The first kappa shape index (κ1) is 22.6. The molecule has 1 aliphatic heterocycles. The molecule has 7 nitrogen and oxygen atoms in total. The van der Waals surface area contributed by atoms with Crippen LogP contribution in [0.2, 0.25) is 0 Å². The molecule has 0 bridgehead atoms. The van der Waals surface area contributed by atoms with Crippen LogP contribution in [-0.2, 0) is 4.74 Å². The number of ether oxygens (including phenoxy) is 1. The first-order valence-corrected chi connectivity index (χ1v) is 11.0. The van der Waals surface area contributed by atoms with Crippen LogP contribution in [0.15, 0.2) is 4.99 Å². The maximum Gasteiger partial charge on any atom is 0.350 e. The molecule has 158 valence electrons. The van der Waals surface area contributed by atoms with E-state index in [9.17, 15) is 4.79 Å². The Hall–Kier alpha value is -1.67. The molecule has 1 unspecified atom stereocenters. The summed E-state index contributed by atoms with van der Waals surface area (Å²) in [5, 5.41) is 7.70. The number of aromatic nitrogens is 1. The van der Waals surface area contributed by atoms with Crippen molar-refractivity contribution in [3.05, 3.63) is 15.6 Å². The van der Waals surface area contributed by atoms with E-state index in [1.165, 1.54) is 30.7 Å². The molecule has 1 aromatic rings. The molecule has 28 heavy (non-hydrogen) atoms. The Morgan fingerprint density at radius 1 is 1.43 bits per heavy atom.